The number of aromatic nitrogens is 4. The summed E-state index contributed by atoms with van der Waals surface area (Å²) in [5, 5.41) is 19.6. The van der Waals surface area contributed by atoms with Crippen molar-refractivity contribution in [2.24, 2.45) is 0 Å². The van der Waals surface area contributed by atoms with Crippen molar-refractivity contribution in [1.82, 2.24) is 24.6 Å². The number of aliphatic hydroxyl groups excluding tert-OH is 1. The number of amides is 1. The maximum absolute atomic E-state index is 13.9. The van der Waals surface area contributed by atoms with Gasteiger partial charge < -0.3 is 25.2 Å². The van der Waals surface area contributed by atoms with Crippen LogP contribution in [0.4, 0.5) is 26.0 Å². The highest BCUT2D eigenvalue weighted by atomic mass is 19.2. The van der Waals surface area contributed by atoms with Gasteiger partial charge in [-0.3, -0.25) is 14.4 Å². The number of anilines is 3. The molecule has 4 aromatic rings. The minimum atomic E-state index is -1.12. The van der Waals surface area contributed by atoms with Crippen molar-refractivity contribution in [3.63, 3.8) is 0 Å². The molecule has 1 fully saturated rings. The molecular weight excluding hydrogens is 536 g/mol. The molecule has 1 amide bonds. The van der Waals surface area contributed by atoms with Crippen LogP contribution >= 0.6 is 0 Å². The first kappa shape index (κ1) is 28.2. The molecule has 0 bridgehead atoms. The van der Waals surface area contributed by atoms with Crippen LogP contribution in [0, 0.1) is 11.6 Å². The lowest BCUT2D eigenvalue weighted by molar-refractivity contribution is -0.116. The van der Waals surface area contributed by atoms with E-state index in [0.717, 1.165) is 19.0 Å². The highest BCUT2D eigenvalue weighted by Gasteiger charge is 2.28. The maximum atomic E-state index is 13.9. The van der Waals surface area contributed by atoms with E-state index in [-0.39, 0.29) is 18.8 Å². The third-order valence-electron chi connectivity index (χ3n) is 6.65. The van der Waals surface area contributed by atoms with Gasteiger partial charge in [-0.05, 0) is 37.5 Å². The predicted molar refractivity (Wildman–Crippen MR) is 148 cm³/mol. The van der Waals surface area contributed by atoms with Gasteiger partial charge in [-0.25, -0.2) is 18.7 Å². The first-order chi connectivity index (χ1) is 19.9. The summed E-state index contributed by atoms with van der Waals surface area (Å²) in [6.45, 7) is 1.96. The maximum Gasteiger partial charge on any atom is 0.246 e. The predicted octanol–water partition coefficient (Wildman–Crippen LogP) is 3.72. The van der Waals surface area contributed by atoms with Crippen LogP contribution in [-0.2, 0) is 11.3 Å². The quantitative estimate of drug-likeness (QED) is 0.195. The molecule has 1 aliphatic rings. The molecule has 1 saturated carbocycles. The highest BCUT2D eigenvalue weighted by Crippen LogP contribution is 2.35. The van der Waals surface area contributed by atoms with Gasteiger partial charge in [-0.1, -0.05) is 6.07 Å². The number of methoxy groups -OCH3 is 1. The zero-order valence-electron chi connectivity index (χ0n) is 22.5. The molecule has 0 radical (unpaired) electrons. The molecule has 11 nitrogen and oxygen atoms in total. The van der Waals surface area contributed by atoms with E-state index in [1.807, 2.05) is 0 Å². The van der Waals surface area contributed by atoms with Gasteiger partial charge in [0.25, 0.3) is 0 Å². The minimum Gasteiger partial charge on any atom is -0.493 e. The fourth-order valence-electron chi connectivity index (χ4n) is 4.52. The molecule has 2 heterocycles. The van der Waals surface area contributed by atoms with Crippen LogP contribution in [-0.4, -0.2) is 75.1 Å². The smallest absolute Gasteiger partial charge is 0.246 e. The van der Waals surface area contributed by atoms with Gasteiger partial charge in [0.1, 0.15) is 18.7 Å². The number of rotatable bonds is 14. The third kappa shape index (κ3) is 7.05. The topological polar surface area (TPSA) is 127 Å². The summed E-state index contributed by atoms with van der Waals surface area (Å²) in [4.78, 5) is 23.4. The molecule has 0 spiro atoms. The summed E-state index contributed by atoms with van der Waals surface area (Å²) in [6.07, 6.45) is 7.71. The Morgan fingerprint density at radius 1 is 1.20 bits per heavy atom. The van der Waals surface area contributed by atoms with Crippen molar-refractivity contribution in [2.75, 3.05) is 44.0 Å². The summed E-state index contributed by atoms with van der Waals surface area (Å²) in [5.41, 5.74) is 0.950. The largest absolute Gasteiger partial charge is 0.493 e. The molecule has 216 valence electrons. The lowest BCUT2D eigenvalue weighted by Crippen LogP contribution is -2.31. The number of hydrogen-bond donors (Lipinski definition) is 3. The lowest BCUT2D eigenvalue weighted by atomic mass is 10.2. The second kappa shape index (κ2) is 12.9. The number of nitrogens with one attached hydrogen (secondary N) is 2. The molecule has 5 rings (SSSR count). The Morgan fingerprint density at radius 3 is 2.83 bits per heavy atom. The second-order valence-corrected chi connectivity index (χ2v) is 9.64. The second-order valence-electron chi connectivity index (χ2n) is 9.64. The molecule has 0 unspecified atom stereocenters. The Labute approximate surface area is 235 Å². The van der Waals surface area contributed by atoms with E-state index in [4.69, 9.17) is 9.47 Å². The number of halogens is 2. The third-order valence-corrected chi connectivity index (χ3v) is 6.65. The van der Waals surface area contributed by atoms with Crippen LogP contribution in [0.5, 0.6) is 11.5 Å². The van der Waals surface area contributed by atoms with E-state index in [9.17, 15) is 18.7 Å². The van der Waals surface area contributed by atoms with Crippen LogP contribution in [0.2, 0.25) is 0 Å². The van der Waals surface area contributed by atoms with E-state index in [0.29, 0.717) is 53.1 Å². The van der Waals surface area contributed by atoms with Crippen LogP contribution in [0.25, 0.3) is 10.9 Å². The first-order valence-electron chi connectivity index (χ1n) is 13.3. The van der Waals surface area contributed by atoms with E-state index >= 15 is 0 Å². The van der Waals surface area contributed by atoms with Crippen LogP contribution < -0.4 is 20.1 Å². The number of carbonyl (C=O) groups excluding carboxylic acids is 1. The fraction of sp³-hybridized carbons (Fsp3) is 0.357. The Morgan fingerprint density at radius 2 is 2.05 bits per heavy atom. The van der Waals surface area contributed by atoms with Crippen molar-refractivity contribution in [3.8, 4) is 11.5 Å². The van der Waals surface area contributed by atoms with E-state index in [1.54, 1.807) is 25.4 Å². The van der Waals surface area contributed by atoms with E-state index < -0.39 is 17.5 Å². The highest BCUT2D eigenvalue weighted by molar-refractivity contribution is 5.93. The van der Waals surface area contributed by atoms with E-state index in [1.165, 1.54) is 42.2 Å². The van der Waals surface area contributed by atoms with E-state index in [2.05, 4.69) is 30.6 Å². The number of benzene rings is 2. The van der Waals surface area contributed by atoms with Gasteiger partial charge in [0.05, 0.1) is 43.4 Å². The van der Waals surface area contributed by atoms with Gasteiger partial charge in [0, 0.05) is 36.8 Å². The Balaban J connectivity index is 1.22. The molecule has 0 atom stereocenters. The lowest BCUT2D eigenvalue weighted by Gasteiger charge is -2.20. The molecule has 13 heteroatoms. The summed E-state index contributed by atoms with van der Waals surface area (Å²) in [6, 6.07) is 7.73. The number of carbonyl (C=O) groups is 1. The molecule has 0 aliphatic heterocycles. The van der Waals surface area contributed by atoms with Gasteiger partial charge in [-0.2, -0.15) is 5.10 Å². The van der Waals surface area contributed by atoms with Crippen LogP contribution in [0.15, 0.2) is 49.1 Å². The van der Waals surface area contributed by atoms with Gasteiger partial charge in [-0.15, -0.1) is 0 Å². The summed E-state index contributed by atoms with van der Waals surface area (Å²) < 4.78 is 40.2. The first-order valence-corrected chi connectivity index (χ1v) is 13.3. The number of nitrogens with zero attached hydrogens (tertiary/aromatic N) is 5. The molecule has 3 N–H and O–H groups in total. The molecule has 0 saturated heterocycles. The van der Waals surface area contributed by atoms with Crippen LogP contribution in [0.1, 0.15) is 19.3 Å². The average Bonchev–Trinajstić information content (AvgIpc) is 3.72. The van der Waals surface area contributed by atoms with Gasteiger partial charge in [0.2, 0.25) is 5.91 Å². The summed E-state index contributed by atoms with van der Waals surface area (Å²) in [7, 11) is 1.56. The Hall–Kier alpha value is -4.36. The molecule has 2 aromatic heterocycles. The van der Waals surface area contributed by atoms with Crippen molar-refractivity contribution >= 4 is 34.0 Å². The molecular formula is C28H31F2N7O4. The summed E-state index contributed by atoms with van der Waals surface area (Å²) in [5.74, 6) is -1.14. The SMILES string of the molecule is COc1cc2c(Nc3cnn(CC(=O)Nc4cccc(F)c4F)c3)ncnc2cc1OCCCN(CCO)C1CC1. The Bertz CT molecular complexity index is 1510. The standard InChI is InChI=1S/C28H31F2N7O4/c1-40-24-12-20-23(13-25(24)41-11-3-8-36(9-10-38)19-6-7-19)31-17-32-28(20)34-18-14-33-37(15-18)16-26(39)35-22-5-2-4-21(29)27(22)30/h2,4-5,12-15,17,19,38H,3,6-11,16H2,1H3,(H,35,39)(H,31,32,34). The fourth-order valence-corrected chi connectivity index (χ4v) is 4.52. The Kier molecular flexibility index (Phi) is 8.85. The van der Waals surface area contributed by atoms with Crippen molar-refractivity contribution < 1.29 is 28.2 Å². The van der Waals surface area contributed by atoms with Gasteiger partial charge in [0.15, 0.2) is 23.1 Å². The zero-order chi connectivity index (χ0) is 28.8. The molecule has 41 heavy (non-hydrogen) atoms. The zero-order valence-corrected chi connectivity index (χ0v) is 22.5. The monoisotopic (exact) mass is 567 g/mol. The number of ether oxygens (including phenoxy) is 2. The molecule has 2 aromatic carbocycles. The summed E-state index contributed by atoms with van der Waals surface area (Å²) >= 11 is 0. The van der Waals surface area contributed by atoms with Crippen molar-refractivity contribution in [3.05, 3.63) is 60.7 Å². The van der Waals surface area contributed by atoms with Crippen molar-refractivity contribution in [2.45, 2.75) is 31.8 Å². The van der Waals surface area contributed by atoms with Gasteiger partial charge >= 0.3 is 0 Å². The number of fused-ring (bicyclic) bond motifs is 1. The normalized spacial score (nSPS) is 13.0. The van der Waals surface area contributed by atoms with Crippen molar-refractivity contribution in [1.29, 1.82) is 0 Å². The average molecular weight is 568 g/mol. The number of hydrogen-bond acceptors (Lipinski definition) is 9. The van der Waals surface area contributed by atoms with Crippen LogP contribution in [0.3, 0.4) is 0 Å². The minimum absolute atomic E-state index is 0.153. The molecule has 1 aliphatic carbocycles. The number of aliphatic hydroxyl groups is 1.